The summed E-state index contributed by atoms with van der Waals surface area (Å²) in [6, 6.07) is 13.8. The van der Waals surface area contributed by atoms with E-state index in [1.807, 2.05) is 24.3 Å². The van der Waals surface area contributed by atoms with Gasteiger partial charge in [-0.05, 0) is 18.2 Å². The molecule has 0 N–H and O–H groups in total. The maximum atomic E-state index is 4.69. The normalized spacial score (nSPS) is 11.0. The second kappa shape index (κ2) is 4.35. The number of hydrogen-bond donors (Lipinski definition) is 0. The van der Waals surface area contributed by atoms with Crippen molar-refractivity contribution in [2.75, 3.05) is 0 Å². The van der Waals surface area contributed by atoms with Crippen molar-refractivity contribution in [3.63, 3.8) is 0 Å². The number of fused-ring (bicyclic) bond motifs is 3. The van der Waals surface area contributed by atoms with Crippen LogP contribution in [0.2, 0.25) is 0 Å². The molecule has 0 fully saturated rings. The van der Waals surface area contributed by atoms with E-state index >= 15 is 0 Å². The summed E-state index contributed by atoms with van der Waals surface area (Å²) in [6.07, 6.45) is 5.22. The highest BCUT2D eigenvalue weighted by Gasteiger charge is 2.07. The van der Waals surface area contributed by atoms with Gasteiger partial charge in [0.25, 0.3) is 0 Å². The predicted octanol–water partition coefficient (Wildman–Crippen LogP) is 3.24. The van der Waals surface area contributed by atoms with Gasteiger partial charge in [-0.3, -0.25) is 4.98 Å². The highest BCUT2D eigenvalue weighted by molar-refractivity contribution is 6.03. The smallest absolute Gasteiger partial charge is 0.178 e. The molecule has 0 radical (unpaired) electrons. The van der Waals surface area contributed by atoms with Gasteiger partial charge in [0.1, 0.15) is 5.69 Å². The maximum Gasteiger partial charge on any atom is 0.178 e. The van der Waals surface area contributed by atoms with Gasteiger partial charge in [0.05, 0.1) is 11.0 Å². The second-order valence-electron chi connectivity index (χ2n) is 4.48. The van der Waals surface area contributed by atoms with Gasteiger partial charge in [0, 0.05) is 29.4 Å². The SMILES string of the molecule is c1cnc(-c2ccc3ccc4cccnc4c3n2)nc1. The van der Waals surface area contributed by atoms with Crippen LogP contribution in [0.3, 0.4) is 0 Å². The van der Waals surface area contributed by atoms with Crippen molar-refractivity contribution >= 4 is 21.8 Å². The Hall–Kier alpha value is -2.88. The third-order valence-electron chi connectivity index (χ3n) is 3.23. The van der Waals surface area contributed by atoms with Crippen molar-refractivity contribution < 1.29 is 0 Å². The Morgan fingerprint density at radius 1 is 0.600 bits per heavy atom. The summed E-state index contributed by atoms with van der Waals surface area (Å²) in [4.78, 5) is 17.6. The summed E-state index contributed by atoms with van der Waals surface area (Å²) in [6.45, 7) is 0. The van der Waals surface area contributed by atoms with E-state index < -0.39 is 0 Å². The molecular formula is C16H10N4. The predicted molar refractivity (Wildman–Crippen MR) is 78.1 cm³/mol. The zero-order valence-corrected chi connectivity index (χ0v) is 10.6. The molecule has 0 unspecified atom stereocenters. The first-order valence-corrected chi connectivity index (χ1v) is 6.34. The fraction of sp³-hybridized carbons (Fsp3) is 0. The molecule has 0 aliphatic carbocycles. The molecule has 0 atom stereocenters. The molecule has 0 spiro atoms. The van der Waals surface area contributed by atoms with Crippen LogP contribution in [0.5, 0.6) is 0 Å². The minimum atomic E-state index is 0.627. The van der Waals surface area contributed by atoms with Gasteiger partial charge >= 0.3 is 0 Å². The summed E-state index contributed by atoms with van der Waals surface area (Å²) < 4.78 is 0. The average molecular weight is 258 g/mol. The maximum absolute atomic E-state index is 4.69. The molecule has 3 heterocycles. The fourth-order valence-electron chi connectivity index (χ4n) is 2.28. The molecule has 0 bridgehead atoms. The first-order chi connectivity index (χ1) is 9.92. The highest BCUT2D eigenvalue weighted by atomic mass is 14.9. The van der Waals surface area contributed by atoms with Crippen LogP contribution in [0.1, 0.15) is 0 Å². The monoisotopic (exact) mass is 258 g/mol. The molecule has 1 aromatic carbocycles. The van der Waals surface area contributed by atoms with Gasteiger partial charge in [-0.15, -0.1) is 0 Å². The Balaban J connectivity index is 2.05. The molecule has 0 amide bonds. The average Bonchev–Trinajstić information content (AvgIpc) is 2.55. The lowest BCUT2D eigenvalue weighted by Crippen LogP contribution is -1.92. The third kappa shape index (κ3) is 1.70. The van der Waals surface area contributed by atoms with Crippen LogP contribution < -0.4 is 0 Å². The lowest BCUT2D eigenvalue weighted by atomic mass is 10.1. The summed E-state index contributed by atoms with van der Waals surface area (Å²) in [5.41, 5.74) is 2.55. The second-order valence-corrected chi connectivity index (χ2v) is 4.48. The van der Waals surface area contributed by atoms with Crippen LogP contribution >= 0.6 is 0 Å². The molecule has 4 nitrogen and oxygen atoms in total. The molecule has 20 heavy (non-hydrogen) atoms. The fourth-order valence-corrected chi connectivity index (χ4v) is 2.28. The van der Waals surface area contributed by atoms with E-state index in [0.717, 1.165) is 27.5 Å². The van der Waals surface area contributed by atoms with E-state index in [1.165, 1.54) is 0 Å². The van der Waals surface area contributed by atoms with E-state index in [9.17, 15) is 0 Å². The lowest BCUT2D eigenvalue weighted by molar-refractivity contribution is 1.15. The summed E-state index contributed by atoms with van der Waals surface area (Å²) >= 11 is 0. The molecule has 4 aromatic rings. The van der Waals surface area contributed by atoms with Crippen LogP contribution in [0, 0.1) is 0 Å². The van der Waals surface area contributed by atoms with Gasteiger partial charge in [-0.25, -0.2) is 15.0 Å². The van der Waals surface area contributed by atoms with Crippen LogP contribution in [-0.4, -0.2) is 19.9 Å². The molecule has 0 saturated heterocycles. The number of nitrogens with zero attached hydrogens (tertiary/aromatic N) is 4. The summed E-state index contributed by atoms with van der Waals surface area (Å²) in [5, 5.41) is 2.15. The first-order valence-electron chi connectivity index (χ1n) is 6.34. The van der Waals surface area contributed by atoms with Crippen LogP contribution in [0.4, 0.5) is 0 Å². The van der Waals surface area contributed by atoms with Crippen LogP contribution in [0.25, 0.3) is 33.3 Å². The molecular weight excluding hydrogens is 248 g/mol. The first kappa shape index (κ1) is 11.0. The van der Waals surface area contributed by atoms with E-state index in [-0.39, 0.29) is 0 Å². The summed E-state index contributed by atoms with van der Waals surface area (Å²) in [5.74, 6) is 0.627. The molecule has 0 aliphatic rings. The van der Waals surface area contributed by atoms with Crippen LogP contribution in [-0.2, 0) is 0 Å². The zero-order valence-electron chi connectivity index (χ0n) is 10.6. The number of benzene rings is 1. The lowest BCUT2D eigenvalue weighted by Gasteiger charge is -2.04. The van der Waals surface area contributed by atoms with Crippen molar-refractivity contribution in [3.8, 4) is 11.5 Å². The van der Waals surface area contributed by atoms with Gasteiger partial charge in [-0.1, -0.05) is 24.3 Å². The van der Waals surface area contributed by atoms with Crippen molar-refractivity contribution in [2.24, 2.45) is 0 Å². The Labute approximate surface area is 115 Å². The minimum Gasteiger partial charge on any atom is -0.254 e. The van der Waals surface area contributed by atoms with Gasteiger partial charge in [0.2, 0.25) is 0 Å². The van der Waals surface area contributed by atoms with E-state index in [0.29, 0.717) is 5.82 Å². The van der Waals surface area contributed by atoms with E-state index in [1.54, 1.807) is 24.7 Å². The Morgan fingerprint density at radius 3 is 2.15 bits per heavy atom. The Morgan fingerprint density at radius 2 is 1.30 bits per heavy atom. The Kier molecular flexibility index (Phi) is 2.39. The Bertz CT molecular complexity index is 904. The molecule has 0 saturated carbocycles. The number of aromatic nitrogens is 4. The third-order valence-corrected chi connectivity index (χ3v) is 3.23. The largest absolute Gasteiger partial charge is 0.254 e. The van der Waals surface area contributed by atoms with E-state index in [2.05, 4.69) is 32.1 Å². The quantitative estimate of drug-likeness (QED) is 0.492. The summed E-state index contributed by atoms with van der Waals surface area (Å²) in [7, 11) is 0. The van der Waals surface area contributed by atoms with Crippen molar-refractivity contribution in [1.82, 2.24) is 19.9 Å². The van der Waals surface area contributed by atoms with Crippen molar-refractivity contribution in [3.05, 3.63) is 61.1 Å². The van der Waals surface area contributed by atoms with Gasteiger partial charge in [-0.2, -0.15) is 0 Å². The topological polar surface area (TPSA) is 51.6 Å². The number of hydrogen-bond acceptors (Lipinski definition) is 4. The molecule has 4 rings (SSSR count). The highest BCUT2D eigenvalue weighted by Crippen LogP contribution is 2.24. The molecule has 3 aromatic heterocycles. The molecule has 4 heteroatoms. The van der Waals surface area contributed by atoms with Gasteiger partial charge < -0.3 is 0 Å². The molecule has 94 valence electrons. The zero-order chi connectivity index (χ0) is 13.4. The van der Waals surface area contributed by atoms with Crippen LogP contribution in [0.15, 0.2) is 61.1 Å². The van der Waals surface area contributed by atoms with Crippen molar-refractivity contribution in [1.29, 1.82) is 0 Å². The standard InChI is InChI=1S/C16H10N4/c1-3-11-4-5-12-6-7-13(16-18-9-2-10-19-16)20-15(12)14(11)17-8-1/h1-10H. The van der Waals surface area contributed by atoms with Gasteiger partial charge in [0.15, 0.2) is 5.82 Å². The van der Waals surface area contributed by atoms with Crippen molar-refractivity contribution in [2.45, 2.75) is 0 Å². The van der Waals surface area contributed by atoms with E-state index in [4.69, 9.17) is 0 Å². The minimum absolute atomic E-state index is 0.627. The number of rotatable bonds is 1. The molecule has 0 aliphatic heterocycles. The number of pyridine rings is 2.